The van der Waals surface area contributed by atoms with Gasteiger partial charge in [0.1, 0.15) is 0 Å². The van der Waals surface area contributed by atoms with Gasteiger partial charge < -0.3 is 9.80 Å². The maximum absolute atomic E-state index is 9.10. The van der Waals surface area contributed by atoms with Gasteiger partial charge in [-0.2, -0.15) is 5.26 Å². The lowest BCUT2D eigenvalue weighted by Crippen LogP contribution is -2.35. The van der Waals surface area contributed by atoms with Crippen LogP contribution in [0.2, 0.25) is 0 Å². The van der Waals surface area contributed by atoms with Gasteiger partial charge in [0, 0.05) is 42.7 Å². The number of nitriles is 1. The SMILES string of the molecule is CN(c1ncccn1)C1CCN(c2cc(Br)cc(C#N)c2)C1. The number of halogens is 1. The second-order valence-electron chi connectivity index (χ2n) is 5.36. The first-order valence-corrected chi connectivity index (χ1v) is 7.92. The average Bonchev–Trinajstić information content (AvgIpc) is 3.04. The summed E-state index contributed by atoms with van der Waals surface area (Å²) in [7, 11) is 2.03. The molecule has 6 heteroatoms. The Bertz CT molecular complexity index is 697. The van der Waals surface area contributed by atoms with Crippen LogP contribution >= 0.6 is 15.9 Å². The highest BCUT2D eigenvalue weighted by atomic mass is 79.9. The summed E-state index contributed by atoms with van der Waals surface area (Å²) in [4.78, 5) is 13.0. The summed E-state index contributed by atoms with van der Waals surface area (Å²) >= 11 is 3.47. The second kappa shape index (κ2) is 6.32. The van der Waals surface area contributed by atoms with Gasteiger partial charge >= 0.3 is 0 Å². The topological polar surface area (TPSA) is 56.1 Å². The Morgan fingerprint density at radius 1 is 1.32 bits per heavy atom. The van der Waals surface area contributed by atoms with Crippen molar-refractivity contribution in [2.45, 2.75) is 12.5 Å². The zero-order valence-electron chi connectivity index (χ0n) is 12.3. The molecular weight excluding hydrogens is 342 g/mol. The lowest BCUT2D eigenvalue weighted by atomic mass is 10.2. The zero-order chi connectivity index (χ0) is 15.5. The molecule has 0 aliphatic carbocycles. The Hall–Kier alpha value is -2.13. The second-order valence-corrected chi connectivity index (χ2v) is 6.27. The van der Waals surface area contributed by atoms with Crippen LogP contribution in [-0.4, -0.2) is 36.1 Å². The standard InChI is InChI=1S/C16H16BrN5/c1-21(16-19-4-2-5-20-16)14-3-6-22(11-14)15-8-12(10-18)7-13(17)9-15/h2,4-5,7-9,14H,3,6,11H2,1H3. The van der Waals surface area contributed by atoms with Gasteiger partial charge in [-0.05, 0) is 30.7 Å². The van der Waals surface area contributed by atoms with Crippen molar-refractivity contribution in [2.75, 3.05) is 29.9 Å². The van der Waals surface area contributed by atoms with Crippen LogP contribution < -0.4 is 9.80 Å². The number of likely N-dealkylation sites (N-methyl/N-ethyl adjacent to an activating group) is 1. The van der Waals surface area contributed by atoms with Crippen molar-refractivity contribution in [1.82, 2.24) is 9.97 Å². The van der Waals surface area contributed by atoms with Crippen LogP contribution in [0, 0.1) is 11.3 Å². The van der Waals surface area contributed by atoms with E-state index in [-0.39, 0.29) is 0 Å². The molecule has 5 nitrogen and oxygen atoms in total. The van der Waals surface area contributed by atoms with E-state index in [0.29, 0.717) is 11.6 Å². The summed E-state index contributed by atoms with van der Waals surface area (Å²) in [6.07, 6.45) is 4.57. The highest BCUT2D eigenvalue weighted by molar-refractivity contribution is 9.10. The Balaban J connectivity index is 1.75. The molecule has 3 rings (SSSR count). The third-order valence-electron chi connectivity index (χ3n) is 3.96. The van der Waals surface area contributed by atoms with Gasteiger partial charge in [0.15, 0.2) is 0 Å². The first-order valence-electron chi connectivity index (χ1n) is 7.13. The van der Waals surface area contributed by atoms with Gasteiger partial charge in [-0.1, -0.05) is 15.9 Å². The molecule has 1 aromatic carbocycles. The van der Waals surface area contributed by atoms with Crippen LogP contribution in [0.3, 0.4) is 0 Å². The largest absolute Gasteiger partial charge is 0.369 e. The fraction of sp³-hybridized carbons (Fsp3) is 0.312. The van der Waals surface area contributed by atoms with E-state index in [9.17, 15) is 0 Å². The van der Waals surface area contributed by atoms with Crippen LogP contribution in [0.15, 0.2) is 41.1 Å². The van der Waals surface area contributed by atoms with E-state index in [1.807, 2.05) is 25.2 Å². The monoisotopic (exact) mass is 357 g/mol. The molecule has 0 saturated carbocycles. The van der Waals surface area contributed by atoms with E-state index >= 15 is 0 Å². The van der Waals surface area contributed by atoms with Crippen LogP contribution in [0.1, 0.15) is 12.0 Å². The number of rotatable bonds is 3. The highest BCUT2D eigenvalue weighted by Crippen LogP contribution is 2.27. The molecule has 1 saturated heterocycles. The summed E-state index contributed by atoms with van der Waals surface area (Å²) in [5.41, 5.74) is 1.75. The van der Waals surface area contributed by atoms with Crippen molar-refractivity contribution in [1.29, 1.82) is 5.26 Å². The van der Waals surface area contributed by atoms with E-state index in [2.05, 4.69) is 47.8 Å². The number of aromatic nitrogens is 2. The molecule has 1 unspecified atom stereocenters. The normalized spacial score (nSPS) is 17.3. The quantitative estimate of drug-likeness (QED) is 0.845. The molecule has 0 spiro atoms. The molecule has 1 aromatic heterocycles. The molecule has 0 amide bonds. The number of nitrogens with zero attached hydrogens (tertiary/aromatic N) is 5. The van der Waals surface area contributed by atoms with Crippen LogP contribution in [0.5, 0.6) is 0 Å². The van der Waals surface area contributed by atoms with Gasteiger partial charge in [-0.25, -0.2) is 9.97 Å². The van der Waals surface area contributed by atoms with Gasteiger partial charge in [0.2, 0.25) is 5.95 Å². The van der Waals surface area contributed by atoms with Crippen molar-refractivity contribution < 1.29 is 0 Å². The van der Waals surface area contributed by atoms with E-state index in [1.54, 1.807) is 12.4 Å². The van der Waals surface area contributed by atoms with E-state index in [1.165, 1.54) is 0 Å². The minimum Gasteiger partial charge on any atom is -0.369 e. The number of hydrogen-bond donors (Lipinski definition) is 0. The molecule has 1 aliphatic heterocycles. The Labute approximate surface area is 138 Å². The number of hydrogen-bond acceptors (Lipinski definition) is 5. The summed E-state index contributed by atoms with van der Waals surface area (Å²) in [5.74, 6) is 0.751. The Morgan fingerprint density at radius 2 is 2.09 bits per heavy atom. The number of benzene rings is 1. The Morgan fingerprint density at radius 3 is 2.82 bits per heavy atom. The predicted molar refractivity (Wildman–Crippen MR) is 89.9 cm³/mol. The Kier molecular flexibility index (Phi) is 4.25. The zero-order valence-corrected chi connectivity index (χ0v) is 13.9. The molecule has 1 fully saturated rings. The summed E-state index contributed by atoms with van der Waals surface area (Å²) in [6, 6.07) is 10.2. The smallest absolute Gasteiger partial charge is 0.225 e. The van der Waals surface area contributed by atoms with Crippen molar-refractivity contribution in [3.05, 3.63) is 46.7 Å². The fourth-order valence-corrected chi connectivity index (χ4v) is 3.23. The predicted octanol–water partition coefficient (Wildman–Crippen LogP) is 2.83. The van der Waals surface area contributed by atoms with Crippen LogP contribution in [0.4, 0.5) is 11.6 Å². The number of anilines is 2. The molecule has 1 atom stereocenters. The third kappa shape index (κ3) is 3.04. The van der Waals surface area contributed by atoms with Gasteiger partial charge in [0.05, 0.1) is 17.7 Å². The van der Waals surface area contributed by atoms with Crippen LogP contribution in [-0.2, 0) is 0 Å². The minimum atomic E-state index is 0.368. The van der Waals surface area contributed by atoms with Crippen LogP contribution in [0.25, 0.3) is 0 Å². The molecule has 22 heavy (non-hydrogen) atoms. The molecular formula is C16H16BrN5. The van der Waals surface area contributed by atoms with Crippen molar-refractivity contribution >= 4 is 27.6 Å². The maximum atomic E-state index is 9.10. The average molecular weight is 358 g/mol. The van der Waals surface area contributed by atoms with Gasteiger partial charge in [-0.3, -0.25) is 0 Å². The first-order chi connectivity index (χ1) is 10.7. The lowest BCUT2D eigenvalue weighted by molar-refractivity contribution is 0.674. The van der Waals surface area contributed by atoms with Gasteiger partial charge in [0.25, 0.3) is 0 Å². The molecule has 2 heterocycles. The summed E-state index contributed by atoms with van der Waals surface area (Å²) < 4.78 is 0.935. The third-order valence-corrected chi connectivity index (χ3v) is 4.41. The van der Waals surface area contributed by atoms with E-state index in [0.717, 1.165) is 35.6 Å². The fourth-order valence-electron chi connectivity index (χ4n) is 2.75. The summed E-state index contributed by atoms with van der Waals surface area (Å²) in [5, 5.41) is 9.10. The van der Waals surface area contributed by atoms with E-state index in [4.69, 9.17) is 5.26 Å². The molecule has 0 N–H and O–H groups in total. The first kappa shape index (κ1) is 14.8. The molecule has 2 aromatic rings. The highest BCUT2D eigenvalue weighted by Gasteiger charge is 2.27. The maximum Gasteiger partial charge on any atom is 0.225 e. The van der Waals surface area contributed by atoms with Crippen molar-refractivity contribution in [3.63, 3.8) is 0 Å². The molecule has 112 valence electrons. The molecule has 1 aliphatic rings. The minimum absolute atomic E-state index is 0.368. The van der Waals surface area contributed by atoms with Crippen molar-refractivity contribution in [3.8, 4) is 6.07 Å². The molecule has 0 radical (unpaired) electrons. The van der Waals surface area contributed by atoms with Gasteiger partial charge in [-0.15, -0.1) is 0 Å². The lowest BCUT2D eigenvalue weighted by Gasteiger charge is -2.25. The molecule has 0 bridgehead atoms. The summed E-state index contributed by atoms with van der Waals surface area (Å²) in [6.45, 7) is 1.86. The van der Waals surface area contributed by atoms with E-state index < -0.39 is 0 Å². The van der Waals surface area contributed by atoms with Crippen molar-refractivity contribution in [2.24, 2.45) is 0 Å².